The Morgan fingerprint density at radius 2 is 2.15 bits per heavy atom. The molecule has 0 fully saturated rings. The molecule has 5 nitrogen and oxygen atoms in total. The highest BCUT2D eigenvalue weighted by Gasteiger charge is 2.08. The van der Waals surface area contributed by atoms with Crippen molar-refractivity contribution in [2.45, 2.75) is 19.8 Å². The van der Waals surface area contributed by atoms with Gasteiger partial charge in [0.25, 0.3) is 0 Å². The number of carboxylic acid groups (broad SMARTS) is 1. The summed E-state index contributed by atoms with van der Waals surface area (Å²) in [5.74, 6) is -1.19. The van der Waals surface area contributed by atoms with Crippen LogP contribution < -0.4 is 10.6 Å². The zero-order valence-electron chi connectivity index (χ0n) is 11.0. The van der Waals surface area contributed by atoms with Gasteiger partial charge in [0.1, 0.15) is 5.82 Å². The van der Waals surface area contributed by atoms with Gasteiger partial charge in [0.2, 0.25) is 0 Å². The molecule has 0 saturated carbocycles. The monoisotopic (exact) mass is 346 g/mol. The van der Waals surface area contributed by atoms with E-state index in [9.17, 15) is 14.0 Å². The van der Waals surface area contributed by atoms with E-state index in [-0.39, 0.29) is 16.8 Å². The molecular weight excluding hydrogens is 331 g/mol. The van der Waals surface area contributed by atoms with Crippen LogP contribution in [0.4, 0.5) is 14.9 Å². The Labute approximate surface area is 124 Å². The van der Waals surface area contributed by atoms with Gasteiger partial charge in [-0.15, -0.1) is 0 Å². The zero-order chi connectivity index (χ0) is 15.1. The summed E-state index contributed by atoms with van der Waals surface area (Å²) in [5.41, 5.74) is 0.467. The molecule has 0 heterocycles. The molecule has 1 aromatic rings. The first kappa shape index (κ1) is 16.4. The van der Waals surface area contributed by atoms with E-state index in [2.05, 4.69) is 26.6 Å². The number of carbonyl (C=O) groups excluding carboxylic acids is 1. The maximum Gasteiger partial charge on any atom is 0.319 e. The summed E-state index contributed by atoms with van der Waals surface area (Å²) in [6, 6.07) is 3.75. The van der Waals surface area contributed by atoms with Crippen molar-refractivity contribution in [3.05, 3.63) is 28.5 Å². The first-order valence-corrected chi connectivity index (χ1v) is 6.89. The van der Waals surface area contributed by atoms with E-state index in [1.54, 1.807) is 0 Å². The lowest BCUT2D eigenvalue weighted by Crippen LogP contribution is -2.32. The molecule has 2 amide bonds. The van der Waals surface area contributed by atoms with Crippen LogP contribution in [-0.2, 0) is 4.79 Å². The van der Waals surface area contributed by atoms with Gasteiger partial charge in [0.05, 0.1) is 4.47 Å². The number of aliphatic carboxylic acids is 1. The van der Waals surface area contributed by atoms with Crippen LogP contribution in [0.2, 0.25) is 0 Å². The second kappa shape index (κ2) is 7.84. The highest BCUT2D eigenvalue weighted by atomic mass is 79.9. The van der Waals surface area contributed by atoms with Crippen molar-refractivity contribution in [2.75, 3.05) is 11.9 Å². The summed E-state index contributed by atoms with van der Waals surface area (Å²) in [5, 5.41) is 13.8. The Hall–Kier alpha value is -1.63. The third-order valence-electron chi connectivity index (χ3n) is 2.64. The van der Waals surface area contributed by atoms with Crippen molar-refractivity contribution in [1.82, 2.24) is 5.32 Å². The quantitative estimate of drug-likeness (QED) is 0.739. The molecule has 1 aromatic carbocycles. The molecule has 0 aliphatic heterocycles. The van der Waals surface area contributed by atoms with E-state index in [4.69, 9.17) is 5.11 Å². The number of benzene rings is 1. The molecule has 3 N–H and O–H groups in total. The molecular formula is C13H16BrFN2O3. The average molecular weight is 347 g/mol. The number of carbonyl (C=O) groups is 2. The van der Waals surface area contributed by atoms with Crippen LogP contribution in [0.15, 0.2) is 22.7 Å². The van der Waals surface area contributed by atoms with Crippen LogP contribution in [0.5, 0.6) is 0 Å². The Bertz CT molecular complexity index is 497. The summed E-state index contributed by atoms with van der Waals surface area (Å²) >= 11 is 3.03. The number of urea groups is 1. The van der Waals surface area contributed by atoms with Crippen LogP contribution >= 0.6 is 15.9 Å². The summed E-state index contributed by atoms with van der Waals surface area (Å²) in [6.07, 6.45) is 0.576. The summed E-state index contributed by atoms with van der Waals surface area (Å²) < 4.78 is 13.3. The predicted octanol–water partition coefficient (Wildman–Crippen LogP) is 3.21. The van der Waals surface area contributed by atoms with Crippen LogP contribution in [0, 0.1) is 11.7 Å². The standard InChI is InChI=1S/C13H16BrFN2O3/c1-8(2-5-12(18)19)7-16-13(20)17-9-3-4-11(15)10(14)6-9/h3-4,6,8H,2,5,7H2,1H3,(H,18,19)(H2,16,17,20). The SMILES string of the molecule is CC(CCC(=O)O)CNC(=O)Nc1ccc(F)c(Br)c1. The van der Waals surface area contributed by atoms with Gasteiger partial charge in [-0.1, -0.05) is 6.92 Å². The topological polar surface area (TPSA) is 78.4 Å². The molecule has 20 heavy (non-hydrogen) atoms. The Balaban J connectivity index is 2.36. The minimum atomic E-state index is -0.850. The molecule has 7 heteroatoms. The average Bonchev–Trinajstić information content (AvgIpc) is 2.38. The lowest BCUT2D eigenvalue weighted by Gasteiger charge is -2.12. The van der Waals surface area contributed by atoms with E-state index in [1.807, 2.05) is 6.92 Å². The third-order valence-corrected chi connectivity index (χ3v) is 3.25. The minimum Gasteiger partial charge on any atom is -0.481 e. The Morgan fingerprint density at radius 1 is 1.45 bits per heavy atom. The lowest BCUT2D eigenvalue weighted by atomic mass is 10.1. The number of carboxylic acids is 1. The zero-order valence-corrected chi connectivity index (χ0v) is 12.5. The van der Waals surface area contributed by atoms with Crippen LogP contribution in [-0.4, -0.2) is 23.7 Å². The van der Waals surface area contributed by atoms with Crippen LogP contribution in [0.25, 0.3) is 0 Å². The molecule has 1 atom stereocenters. The molecule has 0 saturated heterocycles. The molecule has 0 aliphatic rings. The van der Waals surface area contributed by atoms with E-state index in [0.29, 0.717) is 18.7 Å². The lowest BCUT2D eigenvalue weighted by molar-refractivity contribution is -0.137. The number of nitrogens with one attached hydrogen (secondary N) is 2. The van der Waals surface area contributed by atoms with Gasteiger partial charge in [-0.2, -0.15) is 0 Å². The Morgan fingerprint density at radius 3 is 2.75 bits per heavy atom. The van der Waals surface area contributed by atoms with Crippen molar-refractivity contribution >= 4 is 33.6 Å². The second-order valence-electron chi connectivity index (χ2n) is 4.50. The maximum atomic E-state index is 13.0. The van der Waals surface area contributed by atoms with E-state index < -0.39 is 17.8 Å². The van der Waals surface area contributed by atoms with Crippen LogP contribution in [0.1, 0.15) is 19.8 Å². The van der Waals surface area contributed by atoms with Crippen molar-refractivity contribution < 1.29 is 19.1 Å². The molecule has 0 spiro atoms. The normalized spacial score (nSPS) is 11.8. The molecule has 0 bridgehead atoms. The number of rotatable bonds is 6. The molecule has 0 aromatic heterocycles. The van der Waals surface area contributed by atoms with Crippen molar-refractivity contribution in [1.29, 1.82) is 0 Å². The fourth-order valence-electron chi connectivity index (χ4n) is 1.49. The van der Waals surface area contributed by atoms with E-state index in [0.717, 1.165) is 0 Å². The highest BCUT2D eigenvalue weighted by molar-refractivity contribution is 9.10. The smallest absolute Gasteiger partial charge is 0.319 e. The molecule has 1 rings (SSSR count). The van der Waals surface area contributed by atoms with Gasteiger partial charge in [-0.05, 0) is 46.5 Å². The maximum absolute atomic E-state index is 13.0. The van der Waals surface area contributed by atoms with Gasteiger partial charge in [0, 0.05) is 18.7 Å². The van der Waals surface area contributed by atoms with Crippen molar-refractivity contribution in [2.24, 2.45) is 5.92 Å². The summed E-state index contributed by atoms with van der Waals surface area (Å²) in [7, 11) is 0. The second-order valence-corrected chi connectivity index (χ2v) is 5.36. The first-order chi connectivity index (χ1) is 9.38. The number of hydrogen-bond acceptors (Lipinski definition) is 2. The minimum absolute atomic E-state index is 0.0665. The largest absolute Gasteiger partial charge is 0.481 e. The van der Waals surface area contributed by atoms with Crippen LogP contribution in [0.3, 0.4) is 0 Å². The van der Waals surface area contributed by atoms with E-state index in [1.165, 1.54) is 18.2 Å². The van der Waals surface area contributed by atoms with E-state index >= 15 is 0 Å². The molecule has 0 radical (unpaired) electrons. The van der Waals surface area contributed by atoms with Gasteiger partial charge < -0.3 is 15.7 Å². The van der Waals surface area contributed by atoms with Gasteiger partial charge in [-0.25, -0.2) is 9.18 Å². The predicted molar refractivity (Wildman–Crippen MR) is 77.2 cm³/mol. The summed E-state index contributed by atoms with van der Waals surface area (Å²) in [6.45, 7) is 2.24. The molecule has 1 unspecified atom stereocenters. The number of anilines is 1. The third kappa shape index (κ3) is 6.01. The first-order valence-electron chi connectivity index (χ1n) is 6.10. The highest BCUT2D eigenvalue weighted by Crippen LogP contribution is 2.19. The van der Waals surface area contributed by atoms with Gasteiger partial charge in [-0.3, -0.25) is 4.79 Å². The van der Waals surface area contributed by atoms with Crippen molar-refractivity contribution in [3.63, 3.8) is 0 Å². The fourth-order valence-corrected chi connectivity index (χ4v) is 1.87. The number of amides is 2. The van der Waals surface area contributed by atoms with Gasteiger partial charge >= 0.3 is 12.0 Å². The Kier molecular flexibility index (Phi) is 6.44. The number of halogens is 2. The fraction of sp³-hybridized carbons (Fsp3) is 0.385. The molecule has 0 aliphatic carbocycles. The van der Waals surface area contributed by atoms with Crippen molar-refractivity contribution in [3.8, 4) is 0 Å². The van der Waals surface area contributed by atoms with Gasteiger partial charge in [0.15, 0.2) is 0 Å². The molecule has 110 valence electrons. The number of hydrogen-bond donors (Lipinski definition) is 3. The summed E-state index contributed by atoms with van der Waals surface area (Å²) in [4.78, 5) is 22.0.